The zero-order valence-corrected chi connectivity index (χ0v) is 17.8. The number of benzene rings is 2. The molecule has 2 aromatic carbocycles. The second-order valence-electron chi connectivity index (χ2n) is 6.46. The predicted molar refractivity (Wildman–Crippen MR) is 122 cm³/mol. The lowest BCUT2D eigenvalue weighted by molar-refractivity contribution is -0.112. The monoisotopic (exact) mass is 452 g/mol. The van der Waals surface area contributed by atoms with E-state index in [2.05, 4.69) is 15.3 Å². The number of nitriles is 1. The molecule has 8 heteroatoms. The van der Waals surface area contributed by atoms with Crippen LogP contribution < -0.4 is 5.32 Å². The van der Waals surface area contributed by atoms with Gasteiger partial charge in [0.25, 0.3) is 5.91 Å². The highest BCUT2D eigenvalue weighted by Crippen LogP contribution is 2.27. The van der Waals surface area contributed by atoms with E-state index in [4.69, 9.17) is 23.2 Å². The third kappa shape index (κ3) is 4.39. The maximum Gasteiger partial charge on any atom is 0.268 e. The van der Waals surface area contributed by atoms with E-state index < -0.39 is 5.91 Å². The van der Waals surface area contributed by atoms with Crippen molar-refractivity contribution in [1.29, 1.82) is 5.26 Å². The molecule has 0 aliphatic rings. The molecule has 1 amide bonds. The van der Waals surface area contributed by atoms with Gasteiger partial charge in [-0.05, 0) is 35.9 Å². The number of nitrogens with zero attached hydrogens (tertiary/aromatic N) is 2. The van der Waals surface area contributed by atoms with Crippen molar-refractivity contribution in [2.24, 2.45) is 0 Å². The summed E-state index contributed by atoms with van der Waals surface area (Å²) < 4.78 is 0. The molecular weight excluding hydrogens is 439 g/mol. The van der Waals surface area contributed by atoms with Gasteiger partial charge >= 0.3 is 0 Å². The van der Waals surface area contributed by atoms with Gasteiger partial charge in [-0.3, -0.25) is 10.1 Å². The lowest BCUT2D eigenvalue weighted by atomic mass is 10.1. The molecule has 0 spiro atoms. The van der Waals surface area contributed by atoms with E-state index >= 15 is 0 Å². The highest BCUT2D eigenvalue weighted by Gasteiger charge is 2.14. The van der Waals surface area contributed by atoms with E-state index in [-0.39, 0.29) is 5.57 Å². The molecule has 0 saturated heterocycles. The van der Waals surface area contributed by atoms with Crippen molar-refractivity contribution in [2.45, 2.75) is 6.42 Å². The molecular formula is C22H14Cl2N4OS. The third-order valence-corrected chi connectivity index (χ3v) is 5.95. The van der Waals surface area contributed by atoms with Crippen LogP contribution in [0.4, 0.5) is 5.13 Å². The average molecular weight is 453 g/mol. The molecule has 2 aromatic heterocycles. The Bertz CT molecular complexity index is 1320. The highest BCUT2D eigenvalue weighted by molar-refractivity contribution is 7.15. The number of carbonyl (C=O) groups excluding carboxylic acids is 1. The number of H-pyrrole nitrogens is 1. The van der Waals surface area contributed by atoms with Crippen molar-refractivity contribution in [3.05, 3.63) is 86.5 Å². The summed E-state index contributed by atoms with van der Waals surface area (Å²) in [4.78, 5) is 20.9. The number of carbonyl (C=O) groups is 1. The normalized spacial score (nSPS) is 11.4. The number of halogens is 2. The number of hydrogen-bond acceptors (Lipinski definition) is 4. The fourth-order valence-corrected chi connectivity index (χ4v) is 4.21. The van der Waals surface area contributed by atoms with Gasteiger partial charge in [0.15, 0.2) is 5.13 Å². The van der Waals surface area contributed by atoms with E-state index in [0.29, 0.717) is 21.6 Å². The number of aromatic nitrogens is 2. The Morgan fingerprint density at radius 1 is 1.27 bits per heavy atom. The lowest BCUT2D eigenvalue weighted by Crippen LogP contribution is -2.13. The van der Waals surface area contributed by atoms with Crippen LogP contribution >= 0.6 is 34.5 Å². The average Bonchev–Trinajstić information content (AvgIpc) is 3.35. The minimum Gasteiger partial charge on any atom is -0.361 e. The second kappa shape index (κ2) is 8.72. The van der Waals surface area contributed by atoms with Crippen LogP contribution in [0.15, 0.2) is 60.4 Å². The van der Waals surface area contributed by atoms with E-state index in [1.165, 1.54) is 11.3 Å². The van der Waals surface area contributed by atoms with Gasteiger partial charge in [-0.15, -0.1) is 11.3 Å². The van der Waals surface area contributed by atoms with Crippen molar-refractivity contribution in [1.82, 2.24) is 9.97 Å². The number of fused-ring (bicyclic) bond motifs is 1. The van der Waals surface area contributed by atoms with Crippen molar-refractivity contribution in [3.8, 4) is 6.07 Å². The number of nitrogens with one attached hydrogen (secondary N) is 2. The molecule has 0 unspecified atom stereocenters. The van der Waals surface area contributed by atoms with Crippen molar-refractivity contribution >= 4 is 62.6 Å². The number of thiazole rings is 1. The minimum atomic E-state index is -0.510. The molecule has 4 aromatic rings. The summed E-state index contributed by atoms with van der Waals surface area (Å²) in [5.41, 5.74) is 2.58. The molecule has 0 atom stereocenters. The number of amides is 1. The molecule has 2 N–H and O–H groups in total. The van der Waals surface area contributed by atoms with Crippen LogP contribution in [0, 0.1) is 11.3 Å². The first-order valence-corrected chi connectivity index (χ1v) is 10.5. The maximum atomic E-state index is 12.6. The van der Waals surface area contributed by atoms with Crippen molar-refractivity contribution in [3.63, 3.8) is 0 Å². The Morgan fingerprint density at radius 2 is 2.10 bits per heavy atom. The van der Waals surface area contributed by atoms with Crippen LogP contribution in [0.3, 0.4) is 0 Å². The molecule has 0 aliphatic carbocycles. The summed E-state index contributed by atoms with van der Waals surface area (Å²) in [7, 11) is 0. The summed E-state index contributed by atoms with van der Waals surface area (Å²) in [5, 5.41) is 14.7. The topological polar surface area (TPSA) is 81.6 Å². The van der Waals surface area contributed by atoms with Crippen molar-refractivity contribution < 1.29 is 4.79 Å². The van der Waals surface area contributed by atoms with Gasteiger partial charge in [0.05, 0.1) is 0 Å². The molecule has 0 bridgehead atoms. The van der Waals surface area contributed by atoms with Crippen LogP contribution in [0.5, 0.6) is 0 Å². The third-order valence-electron chi connectivity index (χ3n) is 4.43. The van der Waals surface area contributed by atoms with Gasteiger partial charge in [0.1, 0.15) is 11.6 Å². The first-order valence-electron chi connectivity index (χ1n) is 8.91. The fourth-order valence-electron chi connectivity index (χ4n) is 3.00. The largest absolute Gasteiger partial charge is 0.361 e. The summed E-state index contributed by atoms with van der Waals surface area (Å²) in [5.74, 6) is -0.510. The summed E-state index contributed by atoms with van der Waals surface area (Å²) in [6.07, 6.45) is 5.55. The lowest BCUT2D eigenvalue weighted by Gasteiger charge is -2.02. The molecule has 5 nitrogen and oxygen atoms in total. The fraction of sp³-hybridized carbons (Fsp3) is 0.0455. The van der Waals surface area contributed by atoms with Crippen LogP contribution in [-0.2, 0) is 11.2 Å². The van der Waals surface area contributed by atoms with E-state index in [1.807, 2.05) is 30.3 Å². The number of para-hydroxylation sites is 1. The second-order valence-corrected chi connectivity index (χ2v) is 8.42. The minimum absolute atomic E-state index is 0.00520. The SMILES string of the molecule is N#C/C(=C\c1c[nH]c2ccccc12)C(=O)Nc1ncc(Cc2cc(Cl)ccc2Cl)s1. The molecule has 0 aliphatic heterocycles. The van der Waals surface area contributed by atoms with Gasteiger partial charge in [0.2, 0.25) is 0 Å². The van der Waals surface area contributed by atoms with Crippen LogP contribution in [0.2, 0.25) is 10.0 Å². The van der Waals surface area contributed by atoms with Crippen LogP contribution in [-0.4, -0.2) is 15.9 Å². The first-order chi connectivity index (χ1) is 14.5. The Morgan fingerprint density at radius 3 is 2.93 bits per heavy atom. The standard InChI is InChI=1S/C22H14Cl2N4OS/c23-16-5-6-19(24)13(8-16)9-17-12-27-22(30-17)28-21(29)14(10-25)7-15-11-26-20-4-2-1-3-18(15)20/h1-8,11-12,26H,9H2,(H,27,28,29)/b14-7+. The van der Waals surface area contributed by atoms with Gasteiger partial charge in [0, 0.05) is 50.2 Å². The Kier molecular flexibility index (Phi) is 5.86. The van der Waals surface area contributed by atoms with Gasteiger partial charge < -0.3 is 4.98 Å². The number of rotatable bonds is 5. The number of hydrogen-bond donors (Lipinski definition) is 2. The van der Waals surface area contributed by atoms with Crippen molar-refractivity contribution in [2.75, 3.05) is 5.32 Å². The van der Waals surface area contributed by atoms with Gasteiger partial charge in [-0.2, -0.15) is 5.26 Å². The van der Waals surface area contributed by atoms with Crippen LogP contribution in [0.1, 0.15) is 16.0 Å². The van der Waals surface area contributed by atoms with E-state index in [1.54, 1.807) is 36.7 Å². The molecule has 30 heavy (non-hydrogen) atoms. The smallest absolute Gasteiger partial charge is 0.268 e. The first kappa shape index (κ1) is 20.2. The highest BCUT2D eigenvalue weighted by atomic mass is 35.5. The Hall–Kier alpha value is -3.11. The molecule has 0 radical (unpaired) electrons. The van der Waals surface area contributed by atoms with E-state index in [0.717, 1.165) is 26.9 Å². The Labute approximate surface area is 186 Å². The van der Waals surface area contributed by atoms with E-state index in [9.17, 15) is 10.1 Å². The summed E-state index contributed by atoms with van der Waals surface area (Å²) >= 11 is 13.6. The Balaban J connectivity index is 1.50. The number of anilines is 1. The molecule has 2 heterocycles. The van der Waals surface area contributed by atoms with Gasteiger partial charge in [-0.25, -0.2) is 4.98 Å². The molecule has 148 valence electrons. The number of aromatic amines is 1. The van der Waals surface area contributed by atoms with Gasteiger partial charge in [-0.1, -0.05) is 41.4 Å². The maximum absolute atomic E-state index is 12.6. The molecule has 0 saturated carbocycles. The van der Waals surface area contributed by atoms with Crippen LogP contribution in [0.25, 0.3) is 17.0 Å². The quantitative estimate of drug-likeness (QED) is 0.284. The summed E-state index contributed by atoms with van der Waals surface area (Å²) in [6.45, 7) is 0. The zero-order valence-electron chi connectivity index (χ0n) is 15.4. The predicted octanol–water partition coefficient (Wildman–Crippen LogP) is 6.07. The molecule has 4 rings (SSSR count). The molecule has 0 fully saturated rings. The zero-order chi connectivity index (χ0) is 21.1. The summed E-state index contributed by atoms with van der Waals surface area (Å²) in [6, 6.07) is 14.9.